The summed E-state index contributed by atoms with van der Waals surface area (Å²) in [5.74, 6) is 0. The van der Waals surface area contributed by atoms with Gasteiger partial charge in [0, 0.05) is 25.2 Å². The molecule has 1 N–H and O–H groups in total. The summed E-state index contributed by atoms with van der Waals surface area (Å²) in [6.45, 7) is 13.0. The summed E-state index contributed by atoms with van der Waals surface area (Å²) in [6, 6.07) is 1.34. The zero-order valence-electron chi connectivity index (χ0n) is 11.3. The molecule has 1 aliphatic rings. The van der Waals surface area contributed by atoms with Crippen LogP contribution in [-0.4, -0.2) is 49.3 Å². The second-order valence-corrected chi connectivity index (χ2v) is 5.11. The van der Waals surface area contributed by atoms with Crippen LogP contribution >= 0.6 is 0 Å². The minimum absolute atomic E-state index is 0.349. The highest BCUT2D eigenvalue weighted by Crippen LogP contribution is 2.10. The average Bonchev–Trinajstić information content (AvgIpc) is 2.41. The molecule has 16 heavy (non-hydrogen) atoms. The van der Waals surface area contributed by atoms with E-state index in [0.29, 0.717) is 18.2 Å². The lowest BCUT2D eigenvalue weighted by atomic mass is 10.2. The first kappa shape index (κ1) is 13.9. The average molecular weight is 228 g/mol. The van der Waals surface area contributed by atoms with Gasteiger partial charge in [-0.3, -0.25) is 4.90 Å². The Morgan fingerprint density at radius 3 is 2.81 bits per heavy atom. The van der Waals surface area contributed by atoms with Crippen molar-refractivity contribution in [2.75, 3.05) is 26.2 Å². The molecule has 1 fully saturated rings. The molecule has 0 aliphatic carbocycles. The molecule has 0 amide bonds. The van der Waals surface area contributed by atoms with Crippen LogP contribution in [0.25, 0.3) is 0 Å². The van der Waals surface area contributed by atoms with E-state index in [4.69, 9.17) is 4.74 Å². The van der Waals surface area contributed by atoms with E-state index < -0.39 is 0 Å². The first-order chi connectivity index (χ1) is 7.63. The van der Waals surface area contributed by atoms with E-state index in [2.05, 4.69) is 37.9 Å². The molecule has 1 aliphatic heterocycles. The molecule has 0 bridgehead atoms. The number of nitrogens with one attached hydrogen (secondary N) is 1. The summed E-state index contributed by atoms with van der Waals surface area (Å²) in [4.78, 5) is 2.57. The van der Waals surface area contributed by atoms with Crippen molar-refractivity contribution in [3.05, 3.63) is 0 Å². The maximum atomic E-state index is 5.64. The monoisotopic (exact) mass is 228 g/mol. The van der Waals surface area contributed by atoms with Crippen molar-refractivity contribution in [3.63, 3.8) is 0 Å². The Bertz CT molecular complexity index is 185. The Labute approximate surface area is 101 Å². The number of nitrogens with zero attached hydrogens (tertiary/aromatic N) is 1. The molecule has 0 spiro atoms. The zero-order valence-corrected chi connectivity index (χ0v) is 11.3. The highest BCUT2D eigenvalue weighted by atomic mass is 16.5. The van der Waals surface area contributed by atoms with Crippen LogP contribution in [0.15, 0.2) is 0 Å². The fraction of sp³-hybridized carbons (Fsp3) is 1.00. The van der Waals surface area contributed by atoms with Gasteiger partial charge in [0.1, 0.15) is 0 Å². The lowest BCUT2D eigenvalue weighted by molar-refractivity contribution is 0.0500. The lowest BCUT2D eigenvalue weighted by Crippen LogP contribution is -2.41. The van der Waals surface area contributed by atoms with E-state index in [-0.39, 0.29) is 0 Å². The SMILES string of the molecule is CCC1CN(CCOC(C)C)C(C)CCN1. The summed E-state index contributed by atoms with van der Waals surface area (Å²) in [7, 11) is 0. The van der Waals surface area contributed by atoms with E-state index in [0.717, 1.165) is 19.7 Å². The summed E-state index contributed by atoms with van der Waals surface area (Å²) < 4.78 is 5.64. The molecular weight excluding hydrogens is 200 g/mol. The summed E-state index contributed by atoms with van der Waals surface area (Å²) in [5, 5.41) is 3.61. The molecule has 2 atom stereocenters. The van der Waals surface area contributed by atoms with Gasteiger partial charge in [0.2, 0.25) is 0 Å². The first-order valence-electron chi connectivity index (χ1n) is 6.72. The fourth-order valence-corrected chi connectivity index (χ4v) is 2.20. The highest BCUT2D eigenvalue weighted by Gasteiger charge is 2.21. The molecule has 1 heterocycles. The van der Waals surface area contributed by atoms with Crippen molar-refractivity contribution in [2.24, 2.45) is 0 Å². The molecule has 1 rings (SSSR count). The van der Waals surface area contributed by atoms with E-state index in [9.17, 15) is 0 Å². The molecule has 96 valence electrons. The maximum Gasteiger partial charge on any atom is 0.0597 e. The quantitative estimate of drug-likeness (QED) is 0.777. The zero-order chi connectivity index (χ0) is 12.0. The molecule has 3 nitrogen and oxygen atoms in total. The molecule has 3 heteroatoms. The molecular formula is C13H28N2O. The van der Waals surface area contributed by atoms with Crippen molar-refractivity contribution in [2.45, 2.75) is 58.7 Å². The van der Waals surface area contributed by atoms with Crippen molar-refractivity contribution in [3.8, 4) is 0 Å². The lowest BCUT2D eigenvalue weighted by Gasteiger charge is -2.28. The Morgan fingerprint density at radius 1 is 1.44 bits per heavy atom. The molecule has 0 saturated carbocycles. The minimum Gasteiger partial charge on any atom is -0.377 e. The third-order valence-corrected chi connectivity index (χ3v) is 3.40. The van der Waals surface area contributed by atoms with E-state index in [1.807, 2.05) is 0 Å². The summed E-state index contributed by atoms with van der Waals surface area (Å²) in [6.07, 6.45) is 2.81. The Hall–Kier alpha value is -0.120. The highest BCUT2D eigenvalue weighted by molar-refractivity contribution is 4.80. The number of hydrogen-bond acceptors (Lipinski definition) is 3. The van der Waals surface area contributed by atoms with Crippen LogP contribution in [0.4, 0.5) is 0 Å². The van der Waals surface area contributed by atoms with Crippen LogP contribution in [0.3, 0.4) is 0 Å². The van der Waals surface area contributed by atoms with Crippen molar-refractivity contribution >= 4 is 0 Å². The van der Waals surface area contributed by atoms with Crippen LogP contribution in [0, 0.1) is 0 Å². The number of hydrogen-bond donors (Lipinski definition) is 1. The predicted molar refractivity (Wildman–Crippen MR) is 68.8 cm³/mol. The molecule has 0 radical (unpaired) electrons. The van der Waals surface area contributed by atoms with Gasteiger partial charge in [-0.25, -0.2) is 0 Å². The van der Waals surface area contributed by atoms with Crippen molar-refractivity contribution < 1.29 is 4.74 Å². The third kappa shape index (κ3) is 4.81. The Balaban J connectivity index is 2.34. The Morgan fingerprint density at radius 2 is 2.19 bits per heavy atom. The second kappa shape index (κ2) is 7.25. The maximum absolute atomic E-state index is 5.64. The largest absolute Gasteiger partial charge is 0.377 e. The van der Waals surface area contributed by atoms with E-state index in [1.165, 1.54) is 19.4 Å². The smallest absolute Gasteiger partial charge is 0.0597 e. The van der Waals surface area contributed by atoms with Gasteiger partial charge < -0.3 is 10.1 Å². The number of ether oxygens (including phenoxy) is 1. The molecule has 1 saturated heterocycles. The third-order valence-electron chi connectivity index (χ3n) is 3.40. The molecule has 0 aromatic carbocycles. The van der Waals surface area contributed by atoms with Gasteiger partial charge in [0.25, 0.3) is 0 Å². The van der Waals surface area contributed by atoms with Gasteiger partial charge in [-0.1, -0.05) is 6.92 Å². The minimum atomic E-state index is 0.349. The molecule has 2 unspecified atom stereocenters. The van der Waals surface area contributed by atoms with Gasteiger partial charge >= 0.3 is 0 Å². The van der Waals surface area contributed by atoms with Crippen LogP contribution in [-0.2, 0) is 4.74 Å². The Kier molecular flexibility index (Phi) is 6.32. The number of rotatable bonds is 5. The molecule has 0 aromatic heterocycles. The molecule has 0 aromatic rings. The van der Waals surface area contributed by atoms with Crippen LogP contribution in [0.2, 0.25) is 0 Å². The summed E-state index contributed by atoms with van der Waals surface area (Å²) in [5.41, 5.74) is 0. The summed E-state index contributed by atoms with van der Waals surface area (Å²) >= 11 is 0. The second-order valence-electron chi connectivity index (χ2n) is 5.11. The van der Waals surface area contributed by atoms with E-state index >= 15 is 0 Å². The first-order valence-corrected chi connectivity index (χ1v) is 6.72. The van der Waals surface area contributed by atoms with E-state index in [1.54, 1.807) is 0 Å². The van der Waals surface area contributed by atoms with Gasteiger partial charge in [-0.2, -0.15) is 0 Å². The van der Waals surface area contributed by atoms with Crippen molar-refractivity contribution in [1.82, 2.24) is 10.2 Å². The predicted octanol–water partition coefficient (Wildman–Crippen LogP) is 1.87. The fourth-order valence-electron chi connectivity index (χ4n) is 2.20. The van der Waals surface area contributed by atoms with Gasteiger partial charge in [-0.15, -0.1) is 0 Å². The van der Waals surface area contributed by atoms with Gasteiger partial charge in [0.15, 0.2) is 0 Å². The van der Waals surface area contributed by atoms with Gasteiger partial charge in [0.05, 0.1) is 12.7 Å². The van der Waals surface area contributed by atoms with Crippen LogP contribution < -0.4 is 5.32 Å². The van der Waals surface area contributed by atoms with Crippen molar-refractivity contribution in [1.29, 1.82) is 0 Å². The van der Waals surface area contributed by atoms with Crippen LogP contribution in [0.1, 0.15) is 40.5 Å². The standard InChI is InChI=1S/C13H28N2O/c1-5-13-10-15(8-9-16-11(2)3)12(4)6-7-14-13/h11-14H,5-10H2,1-4H3. The normalized spacial score (nSPS) is 28.3. The van der Waals surface area contributed by atoms with Gasteiger partial charge in [-0.05, 0) is 40.2 Å². The topological polar surface area (TPSA) is 24.5 Å². The van der Waals surface area contributed by atoms with Crippen LogP contribution in [0.5, 0.6) is 0 Å².